The minimum atomic E-state index is -0.490. The van der Waals surface area contributed by atoms with Crippen LogP contribution in [0.5, 0.6) is 11.8 Å². The molecule has 0 unspecified atom stereocenters. The maximum atomic E-state index is 13.0. The van der Waals surface area contributed by atoms with E-state index in [1.807, 2.05) is 13.8 Å². The summed E-state index contributed by atoms with van der Waals surface area (Å²) in [5.74, 6) is -0.0845. The summed E-state index contributed by atoms with van der Waals surface area (Å²) in [6, 6.07) is 4.52. The fourth-order valence-electron chi connectivity index (χ4n) is 1.34. The van der Waals surface area contributed by atoms with E-state index in [1.165, 1.54) is 18.2 Å². The van der Waals surface area contributed by atoms with E-state index in [0.717, 1.165) is 0 Å². The summed E-state index contributed by atoms with van der Waals surface area (Å²) in [6.07, 6.45) is 0. The molecule has 0 atom stereocenters. The van der Waals surface area contributed by atoms with Gasteiger partial charge in [-0.3, -0.25) is 0 Å². The molecule has 0 spiro atoms. The van der Waals surface area contributed by atoms with Gasteiger partial charge in [0.05, 0.1) is 11.1 Å². The van der Waals surface area contributed by atoms with Gasteiger partial charge in [-0.15, -0.1) is 5.10 Å². The van der Waals surface area contributed by atoms with Crippen LogP contribution in [0.2, 0.25) is 5.02 Å². The average molecular weight is 335 g/mol. The van der Waals surface area contributed by atoms with Crippen LogP contribution in [0.4, 0.5) is 4.39 Å². The highest BCUT2D eigenvalue weighted by atomic mass is 79.9. The first-order chi connectivity index (χ1) is 8.47. The van der Waals surface area contributed by atoms with Crippen molar-refractivity contribution in [1.82, 2.24) is 14.8 Å². The summed E-state index contributed by atoms with van der Waals surface area (Å²) in [6.45, 7) is 3.90. The number of halogens is 3. The predicted molar refractivity (Wildman–Crippen MR) is 69.6 cm³/mol. The number of hydrogen-bond acceptors (Lipinski definition) is 3. The summed E-state index contributed by atoms with van der Waals surface area (Å²) < 4.78 is 20.6. The van der Waals surface area contributed by atoms with Crippen LogP contribution >= 0.6 is 27.5 Å². The molecule has 0 amide bonds. The standard InChI is InChI=1S/C11H10BrClFN3O/c1-6(2)17-11(15-10(12)16-17)18-7-3-4-9(14)8(13)5-7/h3-6H,1-2H3. The number of rotatable bonds is 3. The Kier molecular flexibility index (Phi) is 3.87. The molecule has 0 aliphatic carbocycles. The van der Waals surface area contributed by atoms with E-state index in [-0.39, 0.29) is 11.1 Å². The Labute approximate surface area is 117 Å². The molecular weight excluding hydrogens is 324 g/mol. The van der Waals surface area contributed by atoms with Crippen molar-refractivity contribution < 1.29 is 9.13 Å². The van der Waals surface area contributed by atoms with Crippen molar-refractivity contribution in [2.24, 2.45) is 0 Å². The first kappa shape index (κ1) is 13.3. The van der Waals surface area contributed by atoms with Crippen LogP contribution in [0, 0.1) is 5.82 Å². The van der Waals surface area contributed by atoms with E-state index in [4.69, 9.17) is 16.3 Å². The molecule has 18 heavy (non-hydrogen) atoms. The second kappa shape index (κ2) is 5.24. The van der Waals surface area contributed by atoms with Crippen molar-refractivity contribution in [1.29, 1.82) is 0 Å². The molecule has 1 aromatic heterocycles. The van der Waals surface area contributed by atoms with Gasteiger partial charge in [0.25, 0.3) is 0 Å². The third-order valence-corrected chi connectivity index (χ3v) is 2.79. The number of ether oxygens (including phenoxy) is 1. The first-order valence-electron chi connectivity index (χ1n) is 5.22. The molecule has 7 heteroatoms. The zero-order valence-electron chi connectivity index (χ0n) is 9.69. The molecule has 0 saturated heterocycles. The molecule has 0 bridgehead atoms. The van der Waals surface area contributed by atoms with Gasteiger partial charge in [-0.2, -0.15) is 4.98 Å². The van der Waals surface area contributed by atoms with Crippen LogP contribution in [-0.4, -0.2) is 14.8 Å². The van der Waals surface area contributed by atoms with Gasteiger partial charge in [0.2, 0.25) is 4.73 Å². The summed E-state index contributed by atoms with van der Waals surface area (Å²) in [7, 11) is 0. The Morgan fingerprint density at radius 2 is 2.17 bits per heavy atom. The van der Waals surface area contributed by atoms with E-state index in [1.54, 1.807) is 4.68 Å². The van der Waals surface area contributed by atoms with E-state index < -0.39 is 5.82 Å². The third kappa shape index (κ3) is 2.81. The van der Waals surface area contributed by atoms with Crippen molar-refractivity contribution in [2.75, 3.05) is 0 Å². The van der Waals surface area contributed by atoms with Crippen LogP contribution in [0.1, 0.15) is 19.9 Å². The van der Waals surface area contributed by atoms with Gasteiger partial charge in [-0.1, -0.05) is 11.6 Å². The normalized spacial score (nSPS) is 11.0. The Morgan fingerprint density at radius 1 is 1.44 bits per heavy atom. The number of aromatic nitrogens is 3. The summed E-state index contributed by atoms with van der Waals surface area (Å²) in [5, 5.41) is 4.14. The Morgan fingerprint density at radius 3 is 2.78 bits per heavy atom. The molecule has 2 aromatic rings. The minimum Gasteiger partial charge on any atom is -0.424 e. The summed E-state index contributed by atoms with van der Waals surface area (Å²) >= 11 is 8.86. The predicted octanol–water partition coefficient (Wildman–Crippen LogP) is 4.21. The highest BCUT2D eigenvalue weighted by Gasteiger charge is 2.13. The van der Waals surface area contributed by atoms with Gasteiger partial charge in [0, 0.05) is 6.07 Å². The zero-order chi connectivity index (χ0) is 13.3. The Balaban J connectivity index is 2.30. The topological polar surface area (TPSA) is 39.9 Å². The van der Waals surface area contributed by atoms with Crippen molar-refractivity contribution in [3.63, 3.8) is 0 Å². The highest BCUT2D eigenvalue weighted by molar-refractivity contribution is 9.10. The van der Waals surface area contributed by atoms with Crippen LogP contribution in [0.25, 0.3) is 0 Å². The number of benzene rings is 1. The molecule has 0 N–H and O–H groups in total. The molecule has 0 radical (unpaired) electrons. The lowest BCUT2D eigenvalue weighted by Crippen LogP contribution is -2.05. The zero-order valence-corrected chi connectivity index (χ0v) is 12.0. The Hall–Kier alpha value is -1.14. The van der Waals surface area contributed by atoms with E-state index in [0.29, 0.717) is 16.5 Å². The van der Waals surface area contributed by atoms with Crippen LogP contribution in [0.15, 0.2) is 22.9 Å². The summed E-state index contributed by atoms with van der Waals surface area (Å²) in [5.41, 5.74) is 0. The molecule has 1 aromatic carbocycles. The van der Waals surface area contributed by atoms with Crippen LogP contribution < -0.4 is 4.74 Å². The van der Waals surface area contributed by atoms with Gasteiger partial charge in [-0.25, -0.2) is 9.07 Å². The van der Waals surface area contributed by atoms with Crippen LogP contribution in [0.3, 0.4) is 0 Å². The van der Waals surface area contributed by atoms with Crippen molar-refractivity contribution in [3.8, 4) is 11.8 Å². The number of nitrogens with zero attached hydrogens (tertiary/aromatic N) is 3. The SMILES string of the molecule is CC(C)n1nc(Br)nc1Oc1ccc(F)c(Cl)c1. The van der Waals surface area contributed by atoms with Crippen molar-refractivity contribution in [3.05, 3.63) is 33.8 Å². The Bertz CT molecular complexity index is 573. The van der Waals surface area contributed by atoms with Gasteiger partial charge >= 0.3 is 6.01 Å². The maximum absolute atomic E-state index is 13.0. The van der Waals surface area contributed by atoms with Crippen molar-refractivity contribution >= 4 is 27.5 Å². The molecule has 0 aliphatic heterocycles. The second-order valence-electron chi connectivity index (χ2n) is 3.88. The highest BCUT2D eigenvalue weighted by Crippen LogP contribution is 2.27. The van der Waals surface area contributed by atoms with Gasteiger partial charge in [-0.05, 0) is 41.9 Å². The van der Waals surface area contributed by atoms with Gasteiger partial charge in [0.1, 0.15) is 11.6 Å². The lowest BCUT2D eigenvalue weighted by Gasteiger charge is -2.09. The largest absolute Gasteiger partial charge is 0.424 e. The third-order valence-electron chi connectivity index (χ3n) is 2.16. The van der Waals surface area contributed by atoms with E-state index in [2.05, 4.69) is 26.0 Å². The lowest BCUT2D eigenvalue weighted by atomic mass is 10.3. The molecule has 0 saturated carbocycles. The monoisotopic (exact) mass is 333 g/mol. The molecule has 1 heterocycles. The average Bonchev–Trinajstić information content (AvgIpc) is 2.65. The second-order valence-corrected chi connectivity index (χ2v) is 5.00. The van der Waals surface area contributed by atoms with E-state index >= 15 is 0 Å². The van der Waals surface area contributed by atoms with Gasteiger partial charge in [0.15, 0.2) is 0 Å². The molecular formula is C11H10BrClFN3O. The molecule has 0 fully saturated rings. The quantitative estimate of drug-likeness (QED) is 0.844. The fraction of sp³-hybridized carbons (Fsp3) is 0.273. The fourth-order valence-corrected chi connectivity index (χ4v) is 1.83. The molecule has 2 rings (SSSR count). The minimum absolute atomic E-state index is 0.00202. The molecule has 4 nitrogen and oxygen atoms in total. The van der Waals surface area contributed by atoms with Crippen molar-refractivity contribution in [2.45, 2.75) is 19.9 Å². The molecule has 96 valence electrons. The lowest BCUT2D eigenvalue weighted by molar-refractivity contribution is 0.376. The summed E-state index contributed by atoms with van der Waals surface area (Å²) in [4.78, 5) is 4.09. The number of hydrogen-bond donors (Lipinski definition) is 0. The molecule has 0 aliphatic rings. The van der Waals surface area contributed by atoms with E-state index in [9.17, 15) is 4.39 Å². The van der Waals surface area contributed by atoms with Crippen LogP contribution in [-0.2, 0) is 0 Å². The first-order valence-corrected chi connectivity index (χ1v) is 6.39. The van der Waals surface area contributed by atoms with Gasteiger partial charge < -0.3 is 4.74 Å². The maximum Gasteiger partial charge on any atom is 0.321 e. The smallest absolute Gasteiger partial charge is 0.321 e.